The minimum atomic E-state index is -3.60. The van der Waals surface area contributed by atoms with Crippen molar-refractivity contribution in [3.8, 4) is 0 Å². The molecule has 5 rings (SSSR count). The Morgan fingerprint density at radius 2 is 1.60 bits per heavy atom. The second kappa shape index (κ2) is 11.9. The number of carbonyl (C=O) groups is 2. The van der Waals surface area contributed by atoms with Gasteiger partial charge in [-0.15, -0.1) is 0 Å². The molecule has 0 aromatic heterocycles. The fourth-order valence-electron chi connectivity index (χ4n) is 5.81. The Morgan fingerprint density at radius 1 is 0.925 bits per heavy atom. The van der Waals surface area contributed by atoms with E-state index >= 15 is 0 Å². The van der Waals surface area contributed by atoms with Crippen molar-refractivity contribution in [1.29, 1.82) is 0 Å². The number of nitrogens with zero attached hydrogens (tertiary/aromatic N) is 1. The van der Waals surface area contributed by atoms with Crippen LogP contribution in [0.1, 0.15) is 59.1 Å². The minimum absolute atomic E-state index is 0.0979. The number of hydrogen-bond acceptors (Lipinski definition) is 5. The molecule has 2 atom stereocenters. The van der Waals surface area contributed by atoms with Crippen LogP contribution in [0, 0.1) is 0 Å². The van der Waals surface area contributed by atoms with E-state index in [9.17, 15) is 23.1 Å². The van der Waals surface area contributed by atoms with Crippen molar-refractivity contribution in [3.63, 3.8) is 0 Å². The van der Waals surface area contributed by atoms with Crippen molar-refractivity contribution in [3.05, 3.63) is 99.5 Å². The molecule has 1 aliphatic carbocycles. The fraction of sp³-hybridized carbons (Fsp3) is 0.333. The zero-order valence-corrected chi connectivity index (χ0v) is 24.0. The van der Waals surface area contributed by atoms with E-state index in [1.807, 2.05) is 0 Å². The van der Waals surface area contributed by atoms with Gasteiger partial charge in [-0.1, -0.05) is 65.7 Å². The summed E-state index contributed by atoms with van der Waals surface area (Å²) in [5.41, 5.74) is 1.56. The van der Waals surface area contributed by atoms with Crippen LogP contribution in [0.25, 0.3) is 0 Å². The molecule has 1 saturated carbocycles. The summed E-state index contributed by atoms with van der Waals surface area (Å²) in [5.74, 6) is -1.73. The third-order valence-corrected chi connectivity index (χ3v) is 10.1. The SMILES string of the molecule is O=C(NCCS(=O)(=O)c1ccccc1)[C@@H]1c2ccccc2C(=O)N([C@H]2CC[C@H](O)CC2)[C@H]1c1ccc(Cl)cc1Cl. The van der Waals surface area contributed by atoms with Crippen molar-refractivity contribution >= 4 is 44.9 Å². The molecule has 7 nitrogen and oxygen atoms in total. The molecule has 1 aliphatic heterocycles. The molecule has 210 valence electrons. The number of aliphatic hydroxyl groups is 1. The predicted molar refractivity (Wildman–Crippen MR) is 154 cm³/mol. The molecule has 2 N–H and O–H groups in total. The van der Waals surface area contributed by atoms with Crippen LogP contribution in [0.15, 0.2) is 77.7 Å². The van der Waals surface area contributed by atoms with E-state index in [0.717, 1.165) is 0 Å². The first-order chi connectivity index (χ1) is 19.2. The number of amides is 2. The molecular weight excluding hydrogens is 571 g/mol. The van der Waals surface area contributed by atoms with Crippen LogP contribution >= 0.6 is 23.2 Å². The third kappa shape index (κ3) is 5.77. The maximum Gasteiger partial charge on any atom is 0.254 e. The Balaban J connectivity index is 1.52. The second-order valence-electron chi connectivity index (χ2n) is 10.3. The number of hydrogen-bond donors (Lipinski definition) is 2. The van der Waals surface area contributed by atoms with E-state index in [2.05, 4.69) is 5.32 Å². The second-order valence-corrected chi connectivity index (χ2v) is 13.2. The van der Waals surface area contributed by atoms with Gasteiger partial charge in [0.2, 0.25) is 5.91 Å². The van der Waals surface area contributed by atoms with Crippen LogP contribution in [0.3, 0.4) is 0 Å². The van der Waals surface area contributed by atoms with Gasteiger partial charge in [0, 0.05) is 28.2 Å². The topological polar surface area (TPSA) is 104 Å². The molecule has 3 aromatic carbocycles. The fourth-order valence-corrected chi connectivity index (χ4v) is 7.51. The Labute approximate surface area is 244 Å². The Kier molecular flexibility index (Phi) is 8.52. The van der Waals surface area contributed by atoms with Crippen LogP contribution in [-0.4, -0.2) is 54.7 Å². The smallest absolute Gasteiger partial charge is 0.254 e. The lowest BCUT2D eigenvalue weighted by molar-refractivity contribution is -0.124. The van der Waals surface area contributed by atoms with E-state index in [1.165, 1.54) is 12.1 Å². The summed E-state index contributed by atoms with van der Waals surface area (Å²) in [7, 11) is -3.60. The minimum Gasteiger partial charge on any atom is -0.393 e. The molecule has 0 radical (unpaired) electrons. The standard InChI is InChI=1S/C30H30Cl2N2O5S/c31-19-10-15-25(26(32)18-19)28-27(29(36)33-16-17-40(38,39)22-6-2-1-3-7-22)23-8-4-5-9-24(23)30(37)34(28)20-11-13-21(35)14-12-20/h1-10,15,18,20-21,27-28,35H,11-14,16-17H2,(H,33,36)/t20-,21-,27-,28+/m1/s1. The Morgan fingerprint density at radius 3 is 2.30 bits per heavy atom. The first-order valence-corrected chi connectivity index (χ1v) is 15.7. The average Bonchev–Trinajstić information content (AvgIpc) is 2.94. The Hall–Kier alpha value is -2.91. The number of nitrogens with one attached hydrogen (secondary N) is 1. The highest BCUT2D eigenvalue weighted by atomic mass is 35.5. The molecule has 0 saturated heterocycles. The Bertz CT molecular complexity index is 1510. The van der Waals surface area contributed by atoms with Crippen molar-refractivity contribution in [2.24, 2.45) is 0 Å². The molecule has 0 unspecified atom stereocenters. The number of sulfone groups is 1. The van der Waals surface area contributed by atoms with Gasteiger partial charge in [0.05, 0.1) is 28.7 Å². The summed E-state index contributed by atoms with van der Waals surface area (Å²) in [6.07, 6.45) is 1.84. The van der Waals surface area contributed by atoms with Gasteiger partial charge in [-0.2, -0.15) is 0 Å². The first-order valence-electron chi connectivity index (χ1n) is 13.3. The van der Waals surface area contributed by atoms with Crippen LogP contribution in [0.2, 0.25) is 10.0 Å². The van der Waals surface area contributed by atoms with Crippen molar-refractivity contribution in [2.45, 2.75) is 54.7 Å². The molecule has 2 aliphatic rings. The number of halogens is 2. The number of benzene rings is 3. The zero-order chi connectivity index (χ0) is 28.4. The molecule has 10 heteroatoms. The molecule has 3 aromatic rings. The largest absolute Gasteiger partial charge is 0.393 e. The molecule has 1 heterocycles. The van der Waals surface area contributed by atoms with E-state index < -0.39 is 33.8 Å². The first kappa shape index (κ1) is 28.6. The predicted octanol–water partition coefficient (Wildman–Crippen LogP) is 5.17. The summed E-state index contributed by atoms with van der Waals surface area (Å²) in [5, 5.41) is 13.7. The maximum absolute atomic E-state index is 14.0. The van der Waals surface area contributed by atoms with E-state index in [-0.39, 0.29) is 29.1 Å². The summed E-state index contributed by atoms with van der Waals surface area (Å²) in [6, 6.07) is 19.1. The van der Waals surface area contributed by atoms with Gasteiger partial charge in [-0.3, -0.25) is 9.59 Å². The quantitative estimate of drug-likeness (QED) is 0.389. The van der Waals surface area contributed by atoms with Gasteiger partial charge in [0.1, 0.15) is 0 Å². The molecule has 0 bridgehead atoms. The third-order valence-electron chi connectivity index (χ3n) is 7.77. The van der Waals surface area contributed by atoms with E-state index in [4.69, 9.17) is 23.2 Å². The molecule has 2 amide bonds. The highest BCUT2D eigenvalue weighted by Gasteiger charge is 2.47. The van der Waals surface area contributed by atoms with E-state index in [1.54, 1.807) is 65.6 Å². The van der Waals surface area contributed by atoms with Gasteiger partial charge in [-0.25, -0.2) is 8.42 Å². The van der Waals surface area contributed by atoms with Crippen LogP contribution in [0.4, 0.5) is 0 Å². The van der Waals surface area contributed by atoms with Crippen molar-refractivity contribution in [1.82, 2.24) is 10.2 Å². The summed E-state index contributed by atoms with van der Waals surface area (Å²) in [4.78, 5) is 29.9. The number of carbonyl (C=O) groups excluding carboxylic acids is 2. The average molecular weight is 602 g/mol. The lowest BCUT2D eigenvalue weighted by Gasteiger charge is -2.47. The van der Waals surface area contributed by atoms with Crippen LogP contribution in [0.5, 0.6) is 0 Å². The van der Waals surface area contributed by atoms with Crippen LogP contribution in [-0.2, 0) is 14.6 Å². The molecule has 1 fully saturated rings. The molecule has 40 heavy (non-hydrogen) atoms. The number of rotatable bonds is 7. The summed E-state index contributed by atoms with van der Waals surface area (Å²) >= 11 is 12.9. The number of fused-ring (bicyclic) bond motifs is 1. The maximum atomic E-state index is 14.0. The lowest BCUT2D eigenvalue weighted by Crippen LogP contribution is -2.52. The lowest BCUT2D eigenvalue weighted by atomic mass is 9.77. The summed E-state index contributed by atoms with van der Waals surface area (Å²) in [6.45, 7) is -0.0979. The highest BCUT2D eigenvalue weighted by molar-refractivity contribution is 7.91. The zero-order valence-electron chi connectivity index (χ0n) is 21.7. The summed E-state index contributed by atoms with van der Waals surface area (Å²) < 4.78 is 25.6. The normalized spacial score (nSPS) is 23.0. The van der Waals surface area contributed by atoms with Gasteiger partial charge in [-0.05, 0) is 67.1 Å². The van der Waals surface area contributed by atoms with Gasteiger partial charge < -0.3 is 15.3 Å². The van der Waals surface area contributed by atoms with E-state index in [0.29, 0.717) is 52.4 Å². The highest BCUT2D eigenvalue weighted by Crippen LogP contribution is 2.47. The van der Waals surface area contributed by atoms with Crippen molar-refractivity contribution in [2.75, 3.05) is 12.3 Å². The van der Waals surface area contributed by atoms with Gasteiger partial charge in [0.25, 0.3) is 5.91 Å². The van der Waals surface area contributed by atoms with Crippen LogP contribution < -0.4 is 5.32 Å². The number of aliphatic hydroxyl groups excluding tert-OH is 1. The van der Waals surface area contributed by atoms with Gasteiger partial charge >= 0.3 is 0 Å². The monoisotopic (exact) mass is 600 g/mol. The van der Waals surface area contributed by atoms with Crippen molar-refractivity contribution < 1.29 is 23.1 Å². The molecule has 0 spiro atoms. The molecular formula is C30H30Cl2N2O5S. The van der Waals surface area contributed by atoms with Gasteiger partial charge in [0.15, 0.2) is 9.84 Å².